The van der Waals surface area contributed by atoms with Crippen molar-refractivity contribution in [1.82, 2.24) is 5.32 Å². The van der Waals surface area contributed by atoms with Crippen LogP contribution in [0.1, 0.15) is 30.7 Å². The number of rotatable bonds is 5. The van der Waals surface area contributed by atoms with Gasteiger partial charge in [-0.05, 0) is 26.3 Å². The molecule has 0 saturated carbocycles. The minimum atomic E-state index is -0.0639. The first-order chi connectivity index (χ1) is 7.07. The topological polar surface area (TPSA) is 56.0 Å². The summed E-state index contributed by atoms with van der Waals surface area (Å²) in [6, 6.07) is 4.01. The standard InChI is InChI=1S/C11H16N2OS/c1-11(2,3-4-14)13-7-10-5-9(6-12)8-15-10/h5,8,13-14H,3-4,7H2,1-2H3. The molecule has 1 aromatic heterocycles. The van der Waals surface area contributed by atoms with Crippen LogP contribution >= 0.6 is 11.3 Å². The Balaban J connectivity index is 2.46. The molecule has 0 aliphatic rings. The van der Waals surface area contributed by atoms with E-state index in [4.69, 9.17) is 10.4 Å². The molecule has 0 aromatic carbocycles. The Bertz CT molecular complexity index is 352. The number of nitriles is 1. The molecule has 0 aliphatic heterocycles. The quantitative estimate of drug-likeness (QED) is 0.802. The van der Waals surface area contributed by atoms with Crippen molar-refractivity contribution in [3.63, 3.8) is 0 Å². The van der Waals surface area contributed by atoms with Crippen molar-refractivity contribution >= 4 is 11.3 Å². The Morgan fingerprint density at radius 1 is 1.60 bits per heavy atom. The van der Waals surface area contributed by atoms with E-state index in [9.17, 15) is 0 Å². The highest BCUT2D eigenvalue weighted by atomic mass is 32.1. The van der Waals surface area contributed by atoms with E-state index in [1.165, 1.54) is 0 Å². The summed E-state index contributed by atoms with van der Waals surface area (Å²) in [4.78, 5) is 1.15. The highest BCUT2D eigenvalue weighted by molar-refractivity contribution is 7.10. The van der Waals surface area contributed by atoms with Crippen LogP contribution in [-0.2, 0) is 6.54 Å². The average molecular weight is 224 g/mol. The van der Waals surface area contributed by atoms with Gasteiger partial charge in [0.15, 0.2) is 0 Å². The molecule has 0 amide bonds. The van der Waals surface area contributed by atoms with E-state index in [1.54, 1.807) is 11.3 Å². The van der Waals surface area contributed by atoms with Gasteiger partial charge in [0.2, 0.25) is 0 Å². The molecular weight excluding hydrogens is 208 g/mol. The largest absolute Gasteiger partial charge is 0.396 e. The van der Waals surface area contributed by atoms with Gasteiger partial charge in [-0.3, -0.25) is 0 Å². The van der Waals surface area contributed by atoms with Crippen molar-refractivity contribution in [3.8, 4) is 6.07 Å². The lowest BCUT2D eigenvalue weighted by atomic mass is 10.0. The lowest BCUT2D eigenvalue weighted by Crippen LogP contribution is -2.39. The molecule has 82 valence electrons. The molecule has 0 aliphatic carbocycles. The molecule has 1 heterocycles. The Morgan fingerprint density at radius 3 is 2.87 bits per heavy atom. The predicted octanol–water partition coefficient (Wildman–Crippen LogP) is 1.87. The Labute approximate surface area is 94.4 Å². The van der Waals surface area contributed by atoms with Crippen LogP contribution in [-0.4, -0.2) is 17.3 Å². The van der Waals surface area contributed by atoms with Crippen molar-refractivity contribution < 1.29 is 5.11 Å². The zero-order chi connectivity index (χ0) is 11.3. The number of hydrogen-bond acceptors (Lipinski definition) is 4. The Morgan fingerprint density at radius 2 is 2.33 bits per heavy atom. The predicted molar refractivity (Wildman–Crippen MR) is 61.7 cm³/mol. The van der Waals surface area contributed by atoms with Crippen LogP contribution in [0.5, 0.6) is 0 Å². The molecule has 2 N–H and O–H groups in total. The second kappa shape index (κ2) is 5.26. The first-order valence-corrected chi connectivity index (χ1v) is 5.79. The minimum absolute atomic E-state index is 0.0639. The normalized spacial score (nSPS) is 11.3. The third kappa shape index (κ3) is 4.00. The van der Waals surface area contributed by atoms with Crippen LogP contribution in [0, 0.1) is 11.3 Å². The van der Waals surface area contributed by atoms with Crippen molar-refractivity contribution in [2.45, 2.75) is 32.4 Å². The van der Waals surface area contributed by atoms with Gasteiger partial charge in [0, 0.05) is 28.9 Å². The number of aliphatic hydroxyl groups excluding tert-OH is 1. The van der Waals surface area contributed by atoms with E-state index in [0.717, 1.165) is 23.4 Å². The van der Waals surface area contributed by atoms with Crippen LogP contribution in [0.25, 0.3) is 0 Å². The zero-order valence-electron chi connectivity index (χ0n) is 9.08. The van der Waals surface area contributed by atoms with Gasteiger partial charge in [-0.1, -0.05) is 0 Å². The number of nitrogens with zero attached hydrogens (tertiary/aromatic N) is 1. The molecule has 0 bridgehead atoms. The molecule has 0 spiro atoms. The Hall–Kier alpha value is -0.890. The molecular formula is C11H16N2OS. The summed E-state index contributed by atoms with van der Waals surface area (Å²) >= 11 is 1.59. The van der Waals surface area contributed by atoms with Gasteiger partial charge in [0.1, 0.15) is 6.07 Å². The summed E-state index contributed by atoms with van der Waals surface area (Å²) in [6.45, 7) is 5.05. The lowest BCUT2D eigenvalue weighted by Gasteiger charge is -2.25. The lowest BCUT2D eigenvalue weighted by molar-refractivity contribution is 0.230. The maximum atomic E-state index is 8.86. The van der Waals surface area contributed by atoms with E-state index in [1.807, 2.05) is 11.4 Å². The zero-order valence-corrected chi connectivity index (χ0v) is 9.90. The monoisotopic (exact) mass is 224 g/mol. The molecule has 0 atom stereocenters. The summed E-state index contributed by atoms with van der Waals surface area (Å²) in [5, 5.41) is 22.7. The summed E-state index contributed by atoms with van der Waals surface area (Å²) in [6.07, 6.45) is 0.726. The fourth-order valence-electron chi connectivity index (χ4n) is 1.23. The molecule has 0 unspecified atom stereocenters. The van der Waals surface area contributed by atoms with Gasteiger partial charge in [-0.2, -0.15) is 5.26 Å². The number of thiophene rings is 1. The third-order valence-electron chi connectivity index (χ3n) is 2.26. The van der Waals surface area contributed by atoms with Gasteiger partial charge in [0.05, 0.1) is 5.56 Å². The maximum Gasteiger partial charge on any atom is 0.100 e. The maximum absolute atomic E-state index is 8.86. The van der Waals surface area contributed by atoms with Crippen molar-refractivity contribution in [2.75, 3.05) is 6.61 Å². The van der Waals surface area contributed by atoms with E-state index in [0.29, 0.717) is 0 Å². The second-order valence-corrected chi connectivity index (χ2v) is 5.12. The Kier molecular flexibility index (Phi) is 4.28. The molecule has 15 heavy (non-hydrogen) atoms. The molecule has 0 fully saturated rings. The SMILES string of the molecule is CC(C)(CCO)NCc1cc(C#N)cs1. The molecule has 0 saturated heterocycles. The van der Waals surface area contributed by atoms with Crippen molar-refractivity contribution in [3.05, 3.63) is 21.9 Å². The van der Waals surface area contributed by atoms with Gasteiger partial charge in [-0.25, -0.2) is 0 Å². The van der Waals surface area contributed by atoms with Crippen LogP contribution < -0.4 is 5.32 Å². The molecule has 1 rings (SSSR count). The van der Waals surface area contributed by atoms with E-state index < -0.39 is 0 Å². The number of hydrogen-bond donors (Lipinski definition) is 2. The summed E-state index contributed by atoms with van der Waals surface area (Å²) in [7, 11) is 0. The minimum Gasteiger partial charge on any atom is -0.396 e. The van der Waals surface area contributed by atoms with Crippen LogP contribution in [0.3, 0.4) is 0 Å². The van der Waals surface area contributed by atoms with Gasteiger partial charge < -0.3 is 10.4 Å². The highest BCUT2D eigenvalue weighted by Gasteiger charge is 2.15. The van der Waals surface area contributed by atoms with Crippen LogP contribution in [0.2, 0.25) is 0 Å². The van der Waals surface area contributed by atoms with E-state index in [-0.39, 0.29) is 12.1 Å². The first kappa shape index (κ1) is 12.2. The fraction of sp³-hybridized carbons (Fsp3) is 0.545. The van der Waals surface area contributed by atoms with Crippen LogP contribution in [0.4, 0.5) is 0 Å². The van der Waals surface area contributed by atoms with Gasteiger partial charge >= 0.3 is 0 Å². The molecule has 4 heteroatoms. The number of aliphatic hydroxyl groups is 1. The second-order valence-electron chi connectivity index (χ2n) is 4.12. The van der Waals surface area contributed by atoms with Crippen LogP contribution in [0.15, 0.2) is 11.4 Å². The van der Waals surface area contributed by atoms with Crippen molar-refractivity contribution in [1.29, 1.82) is 5.26 Å². The molecule has 3 nitrogen and oxygen atoms in total. The third-order valence-corrected chi connectivity index (χ3v) is 3.20. The van der Waals surface area contributed by atoms with E-state index >= 15 is 0 Å². The van der Waals surface area contributed by atoms with Crippen molar-refractivity contribution in [2.24, 2.45) is 0 Å². The fourth-order valence-corrected chi connectivity index (χ4v) is 1.98. The number of nitrogens with one attached hydrogen (secondary N) is 1. The summed E-state index contributed by atoms with van der Waals surface area (Å²) < 4.78 is 0. The average Bonchev–Trinajstić information content (AvgIpc) is 2.62. The smallest absolute Gasteiger partial charge is 0.100 e. The molecule has 0 radical (unpaired) electrons. The highest BCUT2D eigenvalue weighted by Crippen LogP contribution is 2.15. The summed E-state index contributed by atoms with van der Waals surface area (Å²) in [5.41, 5.74) is 0.655. The van der Waals surface area contributed by atoms with Gasteiger partial charge in [-0.15, -0.1) is 11.3 Å². The molecule has 1 aromatic rings. The van der Waals surface area contributed by atoms with Gasteiger partial charge in [0.25, 0.3) is 0 Å². The summed E-state index contributed by atoms with van der Waals surface area (Å²) in [5.74, 6) is 0. The van der Waals surface area contributed by atoms with E-state index in [2.05, 4.69) is 25.2 Å². The first-order valence-electron chi connectivity index (χ1n) is 4.91.